The van der Waals surface area contributed by atoms with Gasteiger partial charge in [0.05, 0.1) is 12.7 Å². The Morgan fingerprint density at radius 3 is 2.92 bits per heavy atom. The number of aromatic nitrogens is 3. The minimum atomic E-state index is -0.0864. The molecule has 1 atom stereocenters. The lowest BCUT2D eigenvalue weighted by molar-refractivity contribution is 0.157. The number of thiophene rings is 2. The Bertz CT molecular complexity index is 1080. The van der Waals surface area contributed by atoms with Crippen LogP contribution >= 0.6 is 22.7 Å². The van der Waals surface area contributed by atoms with Crippen molar-refractivity contribution in [3.05, 3.63) is 79.2 Å². The normalized spacial score (nSPS) is 17.8. The summed E-state index contributed by atoms with van der Waals surface area (Å²) in [7, 11) is 0. The van der Waals surface area contributed by atoms with E-state index in [-0.39, 0.29) is 11.7 Å². The van der Waals surface area contributed by atoms with Gasteiger partial charge in [-0.2, -0.15) is 4.68 Å². The Balaban J connectivity index is 1.56. The third-order valence-electron chi connectivity index (χ3n) is 4.68. The molecule has 1 aliphatic rings. The van der Waals surface area contributed by atoms with Crippen molar-refractivity contribution in [3.63, 3.8) is 0 Å². The zero-order chi connectivity index (χ0) is 16.8. The molecule has 4 aromatic rings. The van der Waals surface area contributed by atoms with Crippen molar-refractivity contribution in [1.82, 2.24) is 19.1 Å². The van der Waals surface area contributed by atoms with Gasteiger partial charge in [0, 0.05) is 22.5 Å². The van der Waals surface area contributed by atoms with Crippen LogP contribution in [-0.4, -0.2) is 25.6 Å². The summed E-state index contributed by atoms with van der Waals surface area (Å²) in [5.41, 5.74) is 1.97. The molecule has 0 fully saturated rings. The van der Waals surface area contributed by atoms with E-state index in [0.29, 0.717) is 12.3 Å². The van der Waals surface area contributed by atoms with Gasteiger partial charge in [-0.15, -0.1) is 27.8 Å². The molecule has 0 aromatic carbocycles. The van der Waals surface area contributed by atoms with Gasteiger partial charge >= 0.3 is 5.69 Å². The maximum atomic E-state index is 12.6. The minimum absolute atomic E-state index is 0.0864. The highest BCUT2D eigenvalue weighted by Gasteiger charge is 2.31. The summed E-state index contributed by atoms with van der Waals surface area (Å²) in [4.78, 5) is 17.8. The van der Waals surface area contributed by atoms with E-state index in [4.69, 9.17) is 0 Å². The molecule has 0 N–H and O–H groups in total. The number of fused-ring (bicyclic) bond motifs is 2. The van der Waals surface area contributed by atoms with Crippen molar-refractivity contribution >= 4 is 28.3 Å². The van der Waals surface area contributed by atoms with E-state index < -0.39 is 0 Å². The van der Waals surface area contributed by atoms with E-state index >= 15 is 0 Å². The van der Waals surface area contributed by atoms with Gasteiger partial charge in [-0.25, -0.2) is 4.79 Å². The minimum Gasteiger partial charge on any atom is -0.272 e. The van der Waals surface area contributed by atoms with E-state index in [9.17, 15) is 4.79 Å². The molecule has 5 nitrogen and oxygen atoms in total. The SMILES string of the molecule is O=c1n(CN2CCc3sccc3C2c2cccs2)nc2ccccn12. The van der Waals surface area contributed by atoms with Crippen molar-refractivity contribution in [2.75, 3.05) is 6.54 Å². The topological polar surface area (TPSA) is 42.5 Å². The third kappa shape index (κ3) is 2.47. The molecule has 25 heavy (non-hydrogen) atoms. The second-order valence-electron chi connectivity index (χ2n) is 6.13. The van der Waals surface area contributed by atoms with Crippen LogP contribution < -0.4 is 5.69 Å². The number of pyridine rings is 1. The van der Waals surface area contributed by atoms with Gasteiger partial charge in [-0.3, -0.25) is 9.30 Å². The molecule has 0 spiro atoms. The second kappa shape index (κ2) is 5.94. The summed E-state index contributed by atoms with van der Waals surface area (Å²) in [5.74, 6) is 0. The molecule has 0 bridgehead atoms. The molecule has 0 saturated heterocycles. The first-order valence-corrected chi connectivity index (χ1v) is 9.95. The Morgan fingerprint density at radius 1 is 1.12 bits per heavy atom. The summed E-state index contributed by atoms with van der Waals surface area (Å²) in [6.45, 7) is 1.43. The van der Waals surface area contributed by atoms with Crippen molar-refractivity contribution in [2.45, 2.75) is 19.1 Å². The van der Waals surface area contributed by atoms with Crippen molar-refractivity contribution < 1.29 is 0 Å². The van der Waals surface area contributed by atoms with Gasteiger partial charge in [0.2, 0.25) is 0 Å². The maximum absolute atomic E-state index is 12.6. The van der Waals surface area contributed by atoms with Crippen molar-refractivity contribution in [3.8, 4) is 0 Å². The molecule has 1 aliphatic heterocycles. The lowest BCUT2D eigenvalue weighted by Crippen LogP contribution is -2.39. The van der Waals surface area contributed by atoms with E-state index in [0.717, 1.165) is 13.0 Å². The monoisotopic (exact) mass is 368 g/mol. The lowest BCUT2D eigenvalue weighted by atomic mass is 9.99. The van der Waals surface area contributed by atoms with E-state index in [2.05, 4.69) is 39.0 Å². The van der Waals surface area contributed by atoms with Gasteiger partial charge in [0.15, 0.2) is 5.65 Å². The highest BCUT2D eigenvalue weighted by molar-refractivity contribution is 7.10. The average molecular weight is 368 g/mol. The summed E-state index contributed by atoms with van der Waals surface area (Å²) < 4.78 is 3.17. The van der Waals surface area contributed by atoms with Crippen molar-refractivity contribution in [2.24, 2.45) is 0 Å². The van der Waals surface area contributed by atoms with E-state index in [1.54, 1.807) is 26.6 Å². The Labute approximate surface area is 152 Å². The van der Waals surface area contributed by atoms with Gasteiger partial charge in [0.1, 0.15) is 0 Å². The Kier molecular flexibility index (Phi) is 3.58. The predicted octanol–water partition coefficient (Wildman–Crippen LogP) is 3.22. The van der Waals surface area contributed by atoms with Crippen LogP contribution in [0.2, 0.25) is 0 Å². The van der Waals surface area contributed by atoms with Crippen LogP contribution in [0.5, 0.6) is 0 Å². The Morgan fingerprint density at radius 2 is 2.08 bits per heavy atom. The molecule has 7 heteroatoms. The molecular weight excluding hydrogens is 352 g/mol. The number of hydrogen-bond acceptors (Lipinski definition) is 5. The smallest absolute Gasteiger partial charge is 0.272 e. The zero-order valence-corrected chi connectivity index (χ0v) is 15.0. The fourth-order valence-electron chi connectivity index (χ4n) is 3.53. The van der Waals surface area contributed by atoms with Gasteiger partial charge in [0.25, 0.3) is 0 Å². The molecule has 4 aromatic heterocycles. The number of hydrogen-bond donors (Lipinski definition) is 0. The van der Waals surface area contributed by atoms with Crippen LogP contribution in [-0.2, 0) is 13.1 Å². The molecule has 5 rings (SSSR count). The van der Waals surface area contributed by atoms with Gasteiger partial charge in [-0.05, 0) is 47.0 Å². The summed E-state index contributed by atoms with van der Waals surface area (Å²) in [5, 5.41) is 8.79. The summed E-state index contributed by atoms with van der Waals surface area (Å²) >= 11 is 3.60. The summed E-state index contributed by atoms with van der Waals surface area (Å²) in [6.07, 6.45) is 2.79. The lowest BCUT2D eigenvalue weighted by Gasteiger charge is -2.34. The Hall–Kier alpha value is -2.22. The highest BCUT2D eigenvalue weighted by atomic mass is 32.1. The molecular formula is C18H16N4OS2. The quantitative estimate of drug-likeness (QED) is 0.558. The first-order valence-electron chi connectivity index (χ1n) is 8.19. The van der Waals surface area contributed by atoms with Gasteiger partial charge in [-0.1, -0.05) is 12.1 Å². The van der Waals surface area contributed by atoms with Crippen LogP contribution in [0.1, 0.15) is 21.4 Å². The fraction of sp³-hybridized carbons (Fsp3) is 0.222. The van der Waals surface area contributed by atoms with E-state index in [1.165, 1.54) is 15.3 Å². The molecule has 126 valence electrons. The summed E-state index contributed by atoms with van der Waals surface area (Å²) in [6, 6.07) is 12.3. The van der Waals surface area contributed by atoms with Crippen LogP contribution in [0, 0.1) is 0 Å². The highest BCUT2D eigenvalue weighted by Crippen LogP contribution is 2.39. The molecule has 1 unspecified atom stereocenters. The molecule has 0 aliphatic carbocycles. The average Bonchev–Trinajstić information content (AvgIpc) is 3.36. The first kappa shape index (κ1) is 15.1. The van der Waals surface area contributed by atoms with Gasteiger partial charge < -0.3 is 0 Å². The predicted molar refractivity (Wildman–Crippen MR) is 100 cm³/mol. The number of rotatable bonds is 3. The van der Waals surface area contributed by atoms with Crippen LogP contribution in [0.3, 0.4) is 0 Å². The first-order chi connectivity index (χ1) is 12.3. The fourth-order valence-corrected chi connectivity index (χ4v) is 5.31. The largest absolute Gasteiger partial charge is 0.351 e. The van der Waals surface area contributed by atoms with Crippen LogP contribution in [0.15, 0.2) is 58.1 Å². The zero-order valence-electron chi connectivity index (χ0n) is 13.4. The molecule has 5 heterocycles. The van der Waals surface area contributed by atoms with Crippen molar-refractivity contribution in [1.29, 1.82) is 0 Å². The standard InChI is InChI=1S/C18H16N4OS2/c23-18-21-8-2-1-5-16(21)19-22(18)12-20-9-6-14-13(7-11-25-14)17(20)15-4-3-10-24-15/h1-5,7-8,10-11,17H,6,9,12H2. The molecule has 0 saturated carbocycles. The maximum Gasteiger partial charge on any atom is 0.351 e. The molecule has 0 radical (unpaired) electrons. The third-order valence-corrected chi connectivity index (χ3v) is 6.60. The molecule has 0 amide bonds. The van der Waals surface area contributed by atoms with Crippen LogP contribution in [0.25, 0.3) is 5.65 Å². The second-order valence-corrected chi connectivity index (χ2v) is 8.11. The number of nitrogens with zero attached hydrogens (tertiary/aromatic N) is 4. The van der Waals surface area contributed by atoms with E-state index in [1.807, 2.05) is 29.5 Å². The van der Waals surface area contributed by atoms with Crippen LogP contribution in [0.4, 0.5) is 0 Å².